The van der Waals surface area contributed by atoms with E-state index in [2.05, 4.69) is 16.0 Å². The van der Waals surface area contributed by atoms with E-state index in [9.17, 15) is 0 Å². The fraction of sp³-hybridized carbons (Fsp3) is 0.667. The van der Waals surface area contributed by atoms with Crippen molar-refractivity contribution in [3.8, 4) is 0 Å². The SMILES string of the molecule is Nc1ccc(C2CCC(N3CCOCC3)CC2)nc1. The van der Waals surface area contributed by atoms with Crippen LogP contribution in [0.1, 0.15) is 37.3 Å². The lowest BCUT2D eigenvalue weighted by Gasteiger charge is -2.38. The van der Waals surface area contributed by atoms with Crippen molar-refractivity contribution in [3.63, 3.8) is 0 Å². The minimum atomic E-state index is 0.623. The third-order valence-corrected chi connectivity index (χ3v) is 4.49. The number of pyridine rings is 1. The molecule has 0 spiro atoms. The van der Waals surface area contributed by atoms with Crippen molar-refractivity contribution in [1.82, 2.24) is 9.88 Å². The minimum Gasteiger partial charge on any atom is -0.397 e. The van der Waals surface area contributed by atoms with E-state index in [1.165, 1.54) is 31.4 Å². The average molecular weight is 261 g/mol. The maximum absolute atomic E-state index is 5.69. The van der Waals surface area contributed by atoms with Gasteiger partial charge in [0.15, 0.2) is 0 Å². The van der Waals surface area contributed by atoms with E-state index in [1.54, 1.807) is 6.20 Å². The van der Waals surface area contributed by atoms with Gasteiger partial charge in [0, 0.05) is 30.7 Å². The number of nitrogens with two attached hydrogens (primary N) is 1. The third kappa shape index (κ3) is 3.07. The van der Waals surface area contributed by atoms with E-state index in [0.717, 1.165) is 38.0 Å². The van der Waals surface area contributed by atoms with E-state index >= 15 is 0 Å². The maximum atomic E-state index is 5.69. The van der Waals surface area contributed by atoms with E-state index in [4.69, 9.17) is 10.5 Å². The Morgan fingerprint density at radius 1 is 1.11 bits per heavy atom. The van der Waals surface area contributed by atoms with Gasteiger partial charge < -0.3 is 10.5 Å². The molecule has 3 rings (SSSR count). The first-order valence-corrected chi connectivity index (χ1v) is 7.36. The van der Waals surface area contributed by atoms with E-state index in [1.807, 2.05) is 6.07 Å². The number of anilines is 1. The fourth-order valence-electron chi connectivity index (χ4n) is 3.34. The molecule has 2 N–H and O–H groups in total. The highest BCUT2D eigenvalue weighted by atomic mass is 16.5. The van der Waals surface area contributed by atoms with Crippen molar-refractivity contribution in [3.05, 3.63) is 24.0 Å². The first-order valence-electron chi connectivity index (χ1n) is 7.36. The molecule has 4 nitrogen and oxygen atoms in total. The molecule has 2 fully saturated rings. The van der Waals surface area contributed by atoms with Crippen LogP contribution in [0.15, 0.2) is 18.3 Å². The first kappa shape index (κ1) is 12.9. The second-order valence-electron chi connectivity index (χ2n) is 5.67. The predicted molar refractivity (Wildman–Crippen MR) is 76.0 cm³/mol. The number of ether oxygens (including phenoxy) is 1. The summed E-state index contributed by atoms with van der Waals surface area (Å²) in [5.41, 5.74) is 7.67. The summed E-state index contributed by atoms with van der Waals surface area (Å²) in [4.78, 5) is 7.09. The molecule has 1 saturated carbocycles. The van der Waals surface area contributed by atoms with Gasteiger partial charge in [0.2, 0.25) is 0 Å². The number of nitrogen functional groups attached to an aromatic ring is 1. The van der Waals surface area contributed by atoms with Crippen LogP contribution in [0.25, 0.3) is 0 Å². The smallest absolute Gasteiger partial charge is 0.0594 e. The summed E-state index contributed by atoms with van der Waals surface area (Å²) in [5.74, 6) is 0.623. The zero-order valence-electron chi connectivity index (χ0n) is 11.4. The number of hydrogen-bond donors (Lipinski definition) is 1. The first-order chi connectivity index (χ1) is 9.33. The van der Waals surface area contributed by atoms with Crippen LogP contribution in [0, 0.1) is 0 Å². The molecule has 1 aromatic heterocycles. The van der Waals surface area contributed by atoms with Crippen LogP contribution in [-0.4, -0.2) is 42.2 Å². The number of hydrogen-bond acceptors (Lipinski definition) is 4. The molecule has 0 atom stereocenters. The van der Waals surface area contributed by atoms with E-state index in [0.29, 0.717) is 5.92 Å². The van der Waals surface area contributed by atoms with E-state index < -0.39 is 0 Å². The standard InChI is InChI=1S/C15H23N3O/c16-13-3-6-15(17-11-13)12-1-4-14(5-2-12)18-7-9-19-10-8-18/h3,6,11-12,14H,1-2,4-5,7-10,16H2. The molecule has 104 valence electrons. The highest BCUT2D eigenvalue weighted by molar-refractivity contribution is 5.35. The summed E-state index contributed by atoms with van der Waals surface area (Å²) in [6.07, 6.45) is 6.86. The molecule has 0 amide bonds. The Labute approximate surface area is 115 Å². The Bertz CT molecular complexity index is 392. The summed E-state index contributed by atoms with van der Waals surface area (Å²) >= 11 is 0. The molecule has 2 heterocycles. The number of rotatable bonds is 2. The van der Waals surface area contributed by atoms with Gasteiger partial charge in [-0.3, -0.25) is 9.88 Å². The minimum absolute atomic E-state index is 0.623. The van der Waals surface area contributed by atoms with Crippen LogP contribution in [0.2, 0.25) is 0 Å². The van der Waals surface area contributed by atoms with Gasteiger partial charge in [-0.15, -0.1) is 0 Å². The normalized spacial score (nSPS) is 29.3. The molecular formula is C15H23N3O. The molecule has 1 saturated heterocycles. The quantitative estimate of drug-likeness (QED) is 0.885. The summed E-state index contributed by atoms with van der Waals surface area (Å²) in [6.45, 7) is 4.02. The molecule has 0 unspecified atom stereocenters. The zero-order chi connectivity index (χ0) is 13.1. The van der Waals surface area contributed by atoms with Gasteiger partial charge in [0.25, 0.3) is 0 Å². The summed E-state index contributed by atoms with van der Waals surface area (Å²) in [5, 5.41) is 0. The third-order valence-electron chi connectivity index (χ3n) is 4.49. The molecular weight excluding hydrogens is 238 g/mol. The van der Waals surface area contributed by atoms with Gasteiger partial charge >= 0.3 is 0 Å². The molecule has 1 aliphatic heterocycles. The Kier molecular flexibility index (Phi) is 3.99. The lowest BCUT2D eigenvalue weighted by molar-refractivity contribution is 0.00721. The van der Waals surface area contributed by atoms with Crippen LogP contribution in [0.5, 0.6) is 0 Å². The highest BCUT2D eigenvalue weighted by Crippen LogP contribution is 2.34. The van der Waals surface area contributed by atoms with Gasteiger partial charge in [-0.2, -0.15) is 0 Å². The molecule has 1 aliphatic carbocycles. The van der Waals surface area contributed by atoms with Crippen molar-refractivity contribution in [2.24, 2.45) is 0 Å². The van der Waals surface area contributed by atoms with Crippen molar-refractivity contribution in [1.29, 1.82) is 0 Å². The molecule has 0 aromatic carbocycles. The van der Waals surface area contributed by atoms with Crippen LogP contribution in [0.4, 0.5) is 5.69 Å². The van der Waals surface area contributed by atoms with Gasteiger partial charge in [0.1, 0.15) is 0 Å². The average Bonchev–Trinajstić information content (AvgIpc) is 2.49. The second kappa shape index (κ2) is 5.88. The van der Waals surface area contributed by atoms with Gasteiger partial charge in [-0.1, -0.05) is 0 Å². The van der Waals surface area contributed by atoms with Crippen molar-refractivity contribution < 1.29 is 4.74 Å². The fourth-order valence-corrected chi connectivity index (χ4v) is 3.34. The molecule has 4 heteroatoms. The Morgan fingerprint density at radius 3 is 2.47 bits per heavy atom. The zero-order valence-corrected chi connectivity index (χ0v) is 11.4. The molecule has 1 aromatic rings. The topological polar surface area (TPSA) is 51.4 Å². The monoisotopic (exact) mass is 261 g/mol. The predicted octanol–water partition coefficient (Wildman–Crippen LogP) is 2.02. The van der Waals surface area contributed by atoms with Crippen molar-refractivity contribution >= 4 is 5.69 Å². The molecule has 19 heavy (non-hydrogen) atoms. The largest absolute Gasteiger partial charge is 0.397 e. The van der Waals surface area contributed by atoms with Gasteiger partial charge in [-0.25, -0.2) is 0 Å². The number of nitrogens with zero attached hydrogens (tertiary/aromatic N) is 2. The lowest BCUT2D eigenvalue weighted by atomic mass is 9.83. The van der Waals surface area contributed by atoms with Crippen LogP contribution < -0.4 is 5.73 Å². The Balaban J connectivity index is 1.55. The van der Waals surface area contributed by atoms with Crippen LogP contribution >= 0.6 is 0 Å². The number of morpholine rings is 1. The Hall–Kier alpha value is -1.13. The van der Waals surface area contributed by atoms with Crippen molar-refractivity contribution in [2.75, 3.05) is 32.0 Å². The lowest BCUT2D eigenvalue weighted by Crippen LogP contribution is -2.44. The molecule has 0 radical (unpaired) electrons. The number of aromatic nitrogens is 1. The van der Waals surface area contributed by atoms with E-state index in [-0.39, 0.29) is 0 Å². The molecule has 2 aliphatic rings. The Morgan fingerprint density at radius 2 is 1.84 bits per heavy atom. The van der Waals surface area contributed by atoms with Crippen LogP contribution in [0.3, 0.4) is 0 Å². The summed E-state index contributed by atoms with van der Waals surface area (Å²) in [7, 11) is 0. The maximum Gasteiger partial charge on any atom is 0.0594 e. The van der Waals surface area contributed by atoms with Crippen LogP contribution in [-0.2, 0) is 4.74 Å². The molecule has 0 bridgehead atoms. The van der Waals surface area contributed by atoms with Gasteiger partial charge in [0.05, 0.1) is 25.1 Å². The summed E-state index contributed by atoms with van der Waals surface area (Å²) in [6, 6.07) is 4.82. The summed E-state index contributed by atoms with van der Waals surface area (Å²) < 4.78 is 5.43. The van der Waals surface area contributed by atoms with Crippen molar-refractivity contribution in [2.45, 2.75) is 37.6 Å². The van der Waals surface area contributed by atoms with Gasteiger partial charge in [-0.05, 0) is 37.8 Å². The second-order valence-corrected chi connectivity index (χ2v) is 5.67. The highest BCUT2D eigenvalue weighted by Gasteiger charge is 2.27.